The SMILES string of the molecule is C=C/C(C)=C\C(=C/CC)N1CCOCC1.CCC(C)C. The van der Waals surface area contributed by atoms with Gasteiger partial charge in [0.25, 0.3) is 0 Å². The molecule has 116 valence electrons. The van der Waals surface area contributed by atoms with Gasteiger partial charge in [-0.15, -0.1) is 0 Å². The summed E-state index contributed by atoms with van der Waals surface area (Å²) in [5, 5.41) is 0. The molecule has 0 spiro atoms. The Hall–Kier alpha value is -1.02. The van der Waals surface area contributed by atoms with Crippen molar-refractivity contribution in [3.63, 3.8) is 0 Å². The van der Waals surface area contributed by atoms with Crippen molar-refractivity contribution >= 4 is 0 Å². The molecule has 0 aliphatic carbocycles. The fourth-order valence-electron chi connectivity index (χ4n) is 1.60. The number of hydrogen-bond donors (Lipinski definition) is 0. The van der Waals surface area contributed by atoms with E-state index in [1.54, 1.807) is 0 Å². The monoisotopic (exact) mass is 279 g/mol. The second-order valence-electron chi connectivity index (χ2n) is 5.53. The Morgan fingerprint density at radius 2 is 1.80 bits per heavy atom. The van der Waals surface area contributed by atoms with E-state index in [9.17, 15) is 0 Å². The van der Waals surface area contributed by atoms with Crippen molar-refractivity contribution in [3.05, 3.63) is 36.1 Å². The summed E-state index contributed by atoms with van der Waals surface area (Å²) in [5.41, 5.74) is 2.51. The molecule has 1 saturated heterocycles. The predicted molar refractivity (Wildman–Crippen MR) is 89.8 cm³/mol. The molecule has 0 N–H and O–H groups in total. The number of morpholine rings is 1. The third kappa shape index (κ3) is 8.98. The summed E-state index contributed by atoms with van der Waals surface area (Å²) in [5.74, 6) is 0.884. The lowest BCUT2D eigenvalue weighted by molar-refractivity contribution is 0.0552. The van der Waals surface area contributed by atoms with Crippen LogP contribution >= 0.6 is 0 Å². The summed E-state index contributed by atoms with van der Waals surface area (Å²) in [4.78, 5) is 2.38. The first-order valence-electron chi connectivity index (χ1n) is 7.88. The van der Waals surface area contributed by atoms with E-state index in [4.69, 9.17) is 4.74 Å². The first kappa shape index (κ1) is 19.0. The van der Waals surface area contributed by atoms with Gasteiger partial charge in [-0.1, -0.05) is 52.8 Å². The Morgan fingerprint density at radius 3 is 2.20 bits per heavy atom. The Morgan fingerprint density at radius 1 is 1.25 bits per heavy atom. The fraction of sp³-hybridized carbons (Fsp3) is 0.667. The summed E-state index contributed by atoms with van der Waals surface area (Å²) in [6.45, 7) is 18.3. The van der Waals surface area contributed by atoms with Crippen molar-refractivity contribution < 1.29 is 4.74 Å². The Kier molecular flexibility index (Phi) is 11.2. The minimum absolute atomic E-state index is 0.835. The van der Waals surface area contributed by atoms with Crippen LogP contribution < -0.4 is 0 Å². The molecule has 0 aromatic rings. The average molecular weight is 279 g/mol. The van der Waals surface area contributed by atoms with Crippen LogP contribution in [0.5, 0.6) is 0 Å². The summed E-state index contributed by atoms with van der Waals surface area (Å²) in [6.07, 6.45) is 8.72. The van der Waals surface area contributed by atoms with Gasteiger partial charge < -0.3 is 9.64 Å². The van der Waals surface area contributed by atoms with E-state index in [0.717, 1.165) is 38.6 Å². The van der Waals surface area contributed by atoms with Gasteiger partial charge in [-0.3, -0.25) is 0 Å². The number of allylic oxidation sites excluding steroid dienone is 4. The van der Waals surface area contributed by atoms with Gasteiger partial charge in [-0.25, -0.2) is 0 Å². The largest absolute Gasteiger partial charge is 0.378 e. The number of nitrogens with zero attached hydrogens (tertiary/aromatic N) is 1. The van der Waals surface area contributed by atoms with Crippen LogP contribution in [0, 0.1) is 5.92 Å². The topological polar surface area (TPSA) is 12.5 Å². The molecule has 1 fully saturated rings. The van der Waals surface area contributed by atoms with Gasteiger partial charge >= 0.3 is 0 Å². The highest BCUT2D eigenvalue weighted by molar-refractivity contribution is 5.27. The maximum atomic E-state index is 5.35. The third-order valence-electron chi connectivity index (χ3n) is 3.30. The van der Waals surface area contributed by atoms with Crippen LogP contribution in [0.25, 0.3) is 0 Å². The molecular formula is C18H33NO. The second kappa shape index (κ2) is 11.8. The molecule has 1 rings (SSSR count). The second-order valence-corrected chi connectivity index (χ2v) is 5.53. The minimum atomic E-state index is 0.835. The molecule has 0 bridgehead atoms. The maximum absolute atomic E-state index is 5.35. The van der Waals surface area contributed by atoms with E-state index in [0.29, 0.717) is 0 Å². The molecule has 1 aliphatic rings. The molecule has 1 heterocycles. The van der Waals surface area contributed by atoms with Crippen molar-refractivity contribution in [1.82, 2.24) is 4.90 Å². The highest BCUT2D eigenvalue weighted by Gasteiger charge is 2.11. The molecule has 1 aliphatic heterocycles. The van der Waals surface area contributed by atoms with Crippen LogP contribution in [-0.4, -0.2) is 31.2 Å². The fourth-order valence-corrected chi connectivity index (χ4v) is 1.60. The van der Waals surface area contributed by atoms with Crippen molar-refractivity contribution in [3.8, 4) is 0 Å². The van der Waals surface area contributed by atoms with E-state index >= 15 is 0 Å². The van der Waals surface area contributed by atoms with Crippen LogP contribution in [0.3, 0.4) is 0 Å². The lowest BCUT2D eigenvalue weighted by Crippen LogP contribution is -2.35. The molecule has 0 aromatic heterocycles. The molecule has 0 amide bonds. The van der Waals surface area contributed by atoms with E-state index in [1.165, 1.54) is 17.7 Å². The van der Waals surface area contributed by atoms with Crippen molar-refractivity contribution in [2.24, 2.45) is 5.92 Å². The summed E-state index contributed by atoms with van der Waals surface area (Å²) < 4.78 is 5.35. The van der Waals surface area contributed by atoms with E-state index in [-0.39, 0.29) is 0 Å². The van der Waals surface area contributed by atoms with Crippen LogP contribution in [0.4, 0.5) is 0 Å². The van der Waals surface area contributed by atoms with Gasteiger partial charge in [-0.2, -0.15) is 0 Å². The standard InChI is InChI=1S/C13H21NO.C5H12/c1-4-6-13(11-12(3)5-2)14-7-9-15-10-8-14;1-4-5(2)3/h5-6,11H,2,4,7-10H2,1,3H3;5H,4H2,1-3H3/b12-11-,13-6+;. The normalized spacial score (nSPS) is 16.8. The Bertz CT molecular complexity index is 309. The molecule has 0 saturated carbocycles. The highest BCUT2D eigenvalue weighted by Crippen LogP contribution is 2.12. The van der Waals surface area contributed by atoms with Crippen LogP contribution in [0.15, 0.2) is 36.1 Å². The zero-order valence-electron chi connectivity index (χ0n) is 14.1. The quantitative estimate of drug-likeness (QED) is 0.670. The van der Waals surface area contributed by atoms with Gasteiger partial charge in [0.15, 0.2) is 0 Å². The molecular weight excluding hydrogens is 246 g/mol. The van der Waals surface area contributed by atoms with Crippen LogP contribution in [0.1, 0.15) is 47.5 Å². The van der Waals surface area contributed by atoms with E-state index in [2.05, 4.69) is 58.2 Å². The average Bonchev–Trinajstić information content (AvgIpc) is 2.48. The minimum Gasteiger partial charge on any atom is -0.378 e. The number of rotatable bonds is 5. The van der Waals surface area contributed by atoms with Gasteiger partial charge in [0.05, 0.1) is 13.2 Å². The number of ether oxygens (including phenoxy) is 1. The zero-order chi connectivity index (χ0) is 15.4. The summed E-state index contributed by atoms with van der Waals surface area (Å²) in [7, 11) is 0. The van der Waals surface area contributed by atoms with Gasteiger partial charge in [0.1, 0.15) is 0 Å². The molecule has 0 radical (unpaired) electrons. The van der Waals surface area contributed by atoms with Gasteiger partial charge in [-0.05, 0) is 30.9 Å². The van der Waals surface area contributed by atoms with E-state index in [1.807, 2.05) is 6.08 Å². The molecule has 20 heavy (non-hydrogen) atoms. The third-order valence-corrected chi connectivity index (χ3v) is 3.30. The van der Waals surface area contributed by atoms with Crippen LogP contribution in [0.2, 0.25) is 0 Å². The lowest BCUT2D eigenvalue weighted by atomic mass is 10.2. The number of hydrogen-bond acceptors (Lipinski definition) is 2. The highest BCUT2D eigenvalue weighted by atomic mass is 16.5. The van der Waals surface area contributed by atoms with Crippen molar-refractivity contribution in [1.29, 1.82) is 0 Å². The molecule has 0 unspecified atom stereocenters. The molecule has 0 atom stereocenters. The maximum Gasteiger partial charge on any atom is 0.0642 e. The zero-order valence-corrected chi connectivity index (χ0v) is 14.1. The van der Waals surface area contributed by atoms with Gasteiger partial charge in [0.2, 0.25) is 0 Å². The Balaban J connectivity index is 0.000000621. The molecule has 2 nitrogen and oxygen atoms in total. The van der Waals surface area contributed by atoms with Crippen molar-refractivity contribution in [2.75, 3.05) is 26.3 Å². The van der Waals surface area contributed by atoms with Crippen molar-refractivity contribution in [2.45, 2.75) is 47.5 Å². The van der Waals surface area contributed by atoms with Gasteiger partial charge in [0, 0.05) is 18.8 Å². The first-order valence-corrected chi connectivity index (χ1v) is 7.88. The lowest BCUT2D eigenvalue weighted by Gasteiger charge is -2.30. The van der Waals surface area contributed by atoms with E-state index < -0.39 is 0 Å². The predicted octanol–water partition coefficient (Wildman–Crippen LogP) is 4.80. The summed E-state index contributed by atoms with van der Waals surface area (Å²) >= 11 is 0. The molecule has 2 heteroatoms. The molecule has 0 aromatic carbocycles. The smallest absolute Gasteiger partial charge is 0.0642 e. The summed E-state index contributed by atoms with van der Waals surface area (Å²) in [6, 6.07) is 0. The Labute approximate surface area is 126 Å². The van der Waals surface area contributed by atoms with Crippen LogP contribution in [-0.2, 0) is 4.74 Å². The first-order chi connectivity index (χ1) is 9.54.